The molecule has 0 atom stereocenters. The third kappa shape index (κ3) is 7.10. The molecule has 118 valence electrons. The Morgan fingerprint density at radius 2 is 2.10 bits per heavy atom. The highest BCUT2D eigenvalue weighted by Gasteiger charge is 2.11. The Kier molecular flexibility index (Phi) is 7.18. The van der Waals surface area contributed by atoms with Crippen LogP contribution in [0, 0.1) is 0 Å². The predicted octanol–water partition coefficient (Wildman–Crippen LogP) is 1.46. The minimum atomic E-state index is -3.41. The van der Waals surface area contributed by atoms with E-state index in [4.69, 9.17) is 4.74 Å². The van der Waals surface area contributed by atoms with E-state index in [-0.39, 0.29) is 25.1 Å². The molecule has 0 amide bonds. The average Bonchev–Trinajstić information content (AvgIpc) is 2.46. The van der Waals surface area contributed by atoms with Gasteiger partial charge in [-0.3, -0.25) is 4.79 Å². The molecular weight excluding hydrogens is 294 g/mol. The summed E-state index contributed by atoms with van der Waals surface area (Å²) in [5.41, 5.74) is 0.817. The van der Waals surface area contributed by atoms with Gasteiger partial charge in [-0.2, -0.15) is 0 Å². The van der Waals surface area contributed by atoms with Gasteiger partial charge in [-0.15, -0.1) is 0 Å². The summed E-state index contributed by atoms with van der Waals surface area (Å²) in [4.78, 5) is 10.9. The topological polar surface area (TPSA) is 81.7 Å². The maximum Gasteiger partial charge on any atom is 0.305 e. The Morgan fingerprint density at radius 1 is 1.33 bits per heavy atom. The first-order chi connectivity index (χ1) is 9.96. The first-order valence-corrected chi connectivity index (χ1v) is 8.38. The quantitative estimate of drug-likeness (QED) is 0.698. The molecule has 1 rings (SSSR count). The molecule has 1 aromatic carbocycles. The Hall–Kier alpha value is -1.60. The van der Waals surface area contributed by atoms with Crippen LogP contribution in [-0.4, -0.2) is 33.9 Å². The predicted molar refractivity (Wildman–Crippen MR) is 79.5 cm³/mol. The second-order valence-electron chi connectivity index (χ2n) is 4.40. The number of carbonyl (C=O) groups is 1. The van der Waals surface area contributed by atoms with Crippen molar-refractivity contribution in [2.75, 3.05) is 19.5 Å². The van der Waals surface area contributed by atoms with E-state index in [1.807, 2.05) is 25.1 Å². The van der Waals surface area contributed by atoms with E-state index in [1.54, 1.807) is 6.07 Å². The van der Waals surface area contributed by atoms with E-state index < -0.39 is 16.0 Å². The number of carbonyl (C=O) groups excluding carboxylic acids is 1. The van der Waals surface area contributed by atoms with Crippen LogP contribution in [0.5, 0.6) is 5.75 Å². The second kappa shape index (κ2) is 8.63. The smallest absolute Gasteiger partial charge is 0.305 e. The standard InChI is InChI=1S/C14H21NO5S/c1-3-20-13-7-4-6-12(10-13)11-15-21(17,18)9-5-8-14(16)19-2/h4,6-7,10,15H,3,5,8-9,11H2,1-2H3. The minimum absolute atomic E-state index is 0.0945. The SMILES string of the molecule is CCOc1cccc(CNS(=O)(=O)CCCC(=O)OC)c1. The van der Waals surface area contributed by atoms with Crippen molar-refractivity contribution >= 4 is 16.0 Å². The van der Waals surface area contributed by atoms with Gasteiger partial charge in [0.1, 0.15) is 5.75 Å². The molecule has 0 aliphatic heterocycles. The average molecular weight is 315 g/mol. The Balaban J connectivity index is 2.45. The van der Waals surface area contributed by atoms with Crippen LogP contribution in [-0.2, 0) is 26.1 Å². The number of esters is 1. The fourth-order valence-corrected chi connectivity index (χ4v) is 2.74. The van der Waals surface area contributed by atoms with Gasteiger partial charge in [0.15, 0.2) is 0 Å². The van der Waals surface area contributed by atoms with Gasteiger partial charge in [0.25, 0.3) is 0 Å². The molecule has 0 saturated carbocycles. The lowest BCUT2D eigenvalue weighted by Crippen LogP contribution is -2.26. The molecule has 6 nitrogen and oxygen atoms in total. The van der Waals surface area contributed by atoms with Crippen molar-refractivity contribution in [1.82, 2.24) is 4.72 Å². The summed E-state index contributed by atoms with van der Waals surface area (Å²) in [5.74, 6) is 0.197. The zero-order valence-corrected chi connectivity index (χ0v) is 13.1. The van der Waals surface area contributed by atoms with E-state index in [1.165, 1.54) is 7.11 Å². The fraction of sp³-hybridized carbons (Fsp3) is 0.500. The van der Waals surface area contributed by atoms with Crippen molar-refractivity contribution in [2.24, 2.45) is 0 Å². The molecule has 0 fully saturated rings. The van der Waals surface area contributed by atoms with Crippen LogP contribution in [0.3, 0.4) is 0 Å². The summed E-state index contributed by atoms with van der Waals surface area (Å²) in [6.45, 7) is 2.64. The summed E-state index contributed by atoms with van der Waals surface area (Å²) in [7, 11) is -2.13. The molecule has 0 spiro atoms. The number of rotatable bonds is 9. The van der Waals surface area contributed by atoms with Crippen molar-refractivity contribution in [3.8, 4) is 5.75 Å². The van der Waals surface area contributed by atoms with E-state index in [9.17, 15) is 13.2 Å². The molecule has 1 N–H and O–H groups in total. The van der Waals surface area contributed by atoms with E-state index in [0.717, 1.165) is 5.56 Å². The molecule has 0 aromatic heterocycles. The number of benzene rings is 1. The lowest BCUT2D eigenvalue weighted by molar-refractivity contribution is -0.140. The Morgan fingerprint density at radius 3 is 2.76 bits per heavy atom. The first-order valence-electron chi connectivity index (χ1n) is 6.72. The van der Waals surface area contributed by atoms with Gasteiger partial charge < -0.3 is 9.47 Å². The highest BCUT2D eigenvalue weighted by molar-refractivity contribution is 7.89. The van der Waals surface area contributed by atoms with Crippen LogP contribution in [0.25, 0.3) is 0 Å². The number of hydrogen-bond acceptors (Lipinski definition) is 5. The zero-order chi connectivity index (χ0) is 15.7. The number of sulfonamides is 1. The highest BCUT2D eigenvalue weighted by atomic mass is 32.2. The summed E-state index contributed by atoms with van der Waals surface area (Å²) >= 11 is 0. The van der Waals surface area contributed by atoms with Crippen LogP contribution in [0.4, 0.5) is 0 Å². The molecule has 0 aliphatic carbocycles. The van der Waals surface area contributed by atoms with Crippen LogP contribution in [0.15, 0.2) is 24.3 Å². The van der Waals surface area contributed by atoms with Gasteiger partial charge in [-0.25, -0.2) is 13.1 Å². The molecule has 0 unspecified atom stereocenters. The van der Waals surface area contributed by atoms with Crippen LogP contribution < -0.4 is 9.46 Å². The number of nitrogens with one attached hydrogen (secondary N) is 1. The van der Waals surface area contributed by atoms with E-state index >= 15 is 0 Å². The maximum atomic E-state index is 11.8. The third-order valence-corrected chi connectivity index (χ3v) is 4.14. The minimum Gasteiger partial charge on any atom is -0.494 e. The summed E-state index contributed by atoms with van der Waals surface area (Å²) in [5, 5.41) is 0. The number of methoxy groups -OCH3 is 1. The first kappa shape index (κ1) is 17.5. The van der Waals surface area contributed by atoms with Gasteiger partial charge in [0.05, 0.1) is 19.5 Å². The molecule has 0 aliphatic rings. The normalized spacial score (nSPS) is 11.1. The summed E-state index contributed by atoms with van der Waals surface area (Å²) < 4.78 is 35.9. The van der Waals surface area contributed by atoms with E-state index in [2.05, 4.69) is 9.46 Å². The van der Waals surface area contributed by atoms with Crippen LogP contribution in [0.2, 0.25) is 0 Å². The molecule has 21 heavy (non-hydrogen) atoms. The van der Waals surface area contributed by atoms with Gasteiger partial charge in [-0.1, -0.05) is 12.1 Å². The molecule has 0 saturated heterocycles. The molecule has 0 bridgehead atoms. The summed E-state index contributed by atoms with van der Waals surface area (Å²) in [6, 6.07) is 7.24. The molecule has 0 radical (unpaired) electrons. The fourth-order valence-electron chi connectivity index (χ4n) is 1.69. The van der Waals surface area contributed by atoms with Gasteiger partial charge in [-0.05, 0) is 31.0 Å². The monoisotopic (exact) mass is 315 g/mol. The molecular formula is C14H21NO5S. The van der Waals surface area contributed by atoms with Gasteiger partial charge in [0, 0.05) is 13.0 Å². The van der Waals surface area contributed by atoms with Crippen molar-refractivity contribution in [2.45, 2.75) is 26.3 Å². The van der Waals surface area contributed by atoms with Crippen LogP contribution in [0.1, 0.15) is 25.3 Å². The lowest BCUT2D eigenvalue weighted by atomic mass is 10.2. The van der Waals surface area contributed by atoms with Crippen LogP contribution >= 0.6 is 0 Å². The van der Waals surface area contributed by atoms with Crippen molar-refractivity contribution in [3.05, 3.63) is 29.8 Å². The molecule has 1 aromatic rings. The summed E-state index contributed by atoms with van der Waals surface area (Å²) in [6.07, 6.45) is 0.332. The Labute approximate surface area is 125 Å². The molecule has 7 heteroatoms. The lowest BCUT2D eigenvalue weighted by Gasteiger charge is -2.08. The van der Waals surface area contributed by atoms with Gasteiger partial charge in [0.2, 0.25) is 10.0 Å². The van der Waals surface area contributed by atoms with Crippen molar-refractivity contribution in [3.63, 3.8) is 0 Å². The molecule has 0 heterocycles. The van der Waals surface area contributed by atoms with Gasteiger partial charge >= 0.3 is 5.97 Å². The van der Waals surface area contributed by atoms with E-state index in [0.29, 0.717) is 12.4 Å². The third-order valence-electron chi connectivity index (χ3n) is 2.73. The number of hydrogen-bond donors (Lipinski definition) is 1. The second-order valence-corrected chi connectivity index (χ2v) is 6.33. The van der Waals surface area contributed by atoms with Crippen molar-refractivity contribution < 1.29 is 22.7 Å². The zero-order valence-electron chi connectivity index (χ0n) is 12.3. The highest BCUT2D eigenvalue weighted by Crippen LogP contribution is 2.13. The maximum absolute atomic E-state index is 11.8. The largest absolute Gasteiger partial charge is 0.494 e. The Bertz CT molecular complexity index is 556. The van der Waals surface area contributed by atoms with Crippen molar-refractivity contribution in [1.29, 1.82) is 0 Å². The number of ether oxygens (including phenoxy) is 2.